The molecule has 6 nitrogen and oxygen atoms in total. The van der Waals surface area contributed by atoms with E-state index < -0.39 is 5.97 Å². The average molecular weight is 386 g/mol. The van der Waals surface area contributed by atoms with Crippen molar-refractivity contribution in [3.63, 3.8) is 0 Å². The number of halogens is 1. The largest absolute Gasteiger partial charge is 0.493 e. The average Bonchev–Trinajstić information content (AvgIpc) is 2.56. The first-order valence-electron chi connectivity index (χ1n) is 7.72. The molecule has 0 bridgehead atoms. The molecule has 1 amide bonds. The molecule has 1 aromatic rings. The zero-order valence-electron chi connectivity index (χ0n) is 14.3. The lowest BCUT2D eigenvalue weighted by atomic mass is 10.2. The van der Waals surface area contributed by atoms with Crippen LogP contribution in [0.3, 0.4) is 0 Å². The number of esters is 1. The molecule has 0 unspecified atom stereocenters. The highest BCUT2D eigenvalue weighted by Crippen LogP contribution is 2.28. The molecule has 1 aliphatic rings. The van der Waals surface area contributed by atoms with Crippen molar-refractivity contribution in [3.05, 3.63) is 39.4 Å². The zero-order valence-corrected chi connectivity index (χ0v) is 15.8. The Labute approximate surface area is 155 Å². The zero-order chi connectivity index (χ0) is 18.4. The summed E-state index contributed by atoms with van der Waals surface area (Å²) in [7, 11) is 1.54. The number of anilines is 1. The van der Waals surface area contributed by atoms with Crippen LogP contribution < -0.4 is 5.32 Å². The maximum absolute atomic E-state index is 12.5. The Balaban J connectivity index is 2.19. The lowest BCUT2D eigenvalue weighted by molar-refractivity contribution is -0.112. The molecule has 2 rings (SSSR count). The fourth-order valence-corrected chi connectivity index (χ4v) is 3.14. The molecule has 0 aliphatic carbocycles. The van der Waals surface area contributed by atoms with E-state index in [1.165, 1.54) is 24.9 Å². The number of amides is 1. The molecule has 0 saturated heterocycles. The van der Waals surface area contributed by atoms with Gasteiger partial charge in [-0.1, -0.05) is 11.6 Å². The smallest absolute Gasteiger partial charge is 0.339 e. The molecule has 1 N–H and O–H groups in total. The van der Waals surface area contributed by atoms with E-state index in [-0.39, 0.29) is 29.2 Å². The molecule has 1 heterocycles. The molecule has 25 heavy (non-hydrogen) atoms. The fraction of sp³-hybridized carbons (Fsp3) is 0.412. The van der Waals surface area contributed by atoms with Crippen molar-refractivity contribution in [3.8, 4) is 0 Å². The standard InChI is InChI=1S/C17H20ClNO5S/c1-10(2)24-17(21)12-8-11(4-5-13(12)18)19-16(20)15-14(9-22-3)23-6-7-25-15/h4-5,8,10H,6-7,9H2,1-3H3,(H,19,20). The van der Waals surface area contributed by atoms with Crippen LogP contribution in [0.25, 0.3) is 0 Å². The number of nitrogens with one attached hydrogen (secondary N) is 1. The number of hydrogen-bond donors (Lipinski definition) is 1. The number of rotatable bonds is 6. The number of methoxy groups -OCH3 is 1. The molecular weight excluding hydrogens is 366 g/mol. The van der Waals surface area contributed by atoms with E-state index in [1.807, 2.05) is 0 Å². The molecular formula is C17H20ClNO5S. The minimum absolute atomic E-state index is 0.201. The molecule has 0 saturated carbocycles. The fourth-order valence-electron chi connectivity index (χ4n) is 2.11. The van der Waals surface area contributed by atoms with Crippen molar-refractivity contribution in [1.29, 1.82) is 0 Å². The van der Waals surface area contributed by atoms with Gasteiger partial charge in [-0.15, -0.1) is 11.8 Å². The van der Waals surface area contributed by atoms with Crippen LogP contribution in [0.1, 0.15) is 24.2 Å². The summed E-state index contributed by atoms with van der Waals surface area (Å²) in [6.07, 6.45) is -0.264. The molecule has 8 heteroatoms. The molecule has 0 radical (unpaired) electrons. The van der Waals surface area contributed by atoms with E-state index in [9.17, 15) is 9.59 Å². The Morgan fingerprint density at radius 3 is 2.84 bits per heavy atom. The summed E-state index contributed by atoms with van der Waals surface area (Å²) in [5.74, 6) is 0.334. The predicted molar refractivity (Wildman–Crippen MR) is 97.9 cm³/mol. The van der Waals surface area contributed by atoms with E-state index >= 15 is 0 Å². The summed E-state index contributed by atoms with van der Waals surface area (Å²) in [4.78, 5) is 25.1. The van der Waals surface area contributed by atoms with Crippen LogP contribution in [-0.4, -0.2) is 44.1 Å². The maximum Gasteiger partial charge on any atom is 0.339 e. The van der Waals surface area contributed by atoms with Gasteiger partial charge in [-0.05, 0) is 32.0 Å². The number of benzene rings is 1. The van der Waals surface area contributed by atoms with Crippen molar-refractivity contribution in [1.82, 2.24) is 0 Å². The Bertz CT molecular complexity index is 690. The van der Waals surface area contributed by atoms with Gasteiger partial charge in [0.05, 0.1) is 23.3 Å². The lowest BCUT2D eigenvalue weighted by Crippen LogP contribution is -2.21. The summed E-state index contributed by atoms with van der Waals surface area (Å²) in [6, 6.07) is 4.66. The Kier molecular flexibility index (Phi) is 7.16. The first-order valence-corrected chi connectivity index (χ1v) is 9.08. The van der Waals surface area contributed by atoms with Crippen LogP contribution in [0.15, 0.2) is 28.9 Å². The highest BCUT2D eigenvalue weighted by Gasteiger charge is 2.22. The topological polar surface area (TPSA) is 73.9 Å². The lowest BCUT2D eigenvalue weighted by Gasteiger charge is -2.20. The van der Waals surface area contributed by atoms with Crippen molar-refractivity contribution in [2.75, 3.05) is 31.4 Å². The molecule has 0 spiro atoms. The van der Waals surface area contributed by atoms with Crippen molar-refractivity contribution in [2.45, 2.75) is 20.0 Å². The van der Waals surface area contributed by atoms with E-state index in [0.29, 0.717) is 28.7 Å². The van der Waals surface area contributed by atoms with Gasteiger partial charge < -0.3 is 19.5 Å². The Hall–Kier alpha value is -1.70. The SMILES string of the molecule is COCC1=C(C(=O)Nc2ccc(Cl)c(C(=O)OC(C)C)c2)SCCO1. The monoisotopic (exact) mass is 385 g/mol. The second kappa shape index (κ2) is 9.12. The van der Waals surface area contributed by atoms with Crippen LogP contribution in [0.5, 0.6) is 0 Å². The predicted octanol–water partition coefficient (Wildman–Crippen LogP) is 3.47. The number of hydrogen-bond acceptors (Lipinski definition) is 6. The molecule has 0 aromatic heterocycles. The van der Waals surface area contributed by atoms with Crippen LogP contribution in [-0.2, 0) is 19.0 Å². The van der Waals surface area contributed by atoms with Gasteiger partial charge in [-0.2, -0.15) is 0 Å². The minimum atomic E-state index is -0.536. The van der Waals surface area contributed by atoms with Crippen LogP contribution in [0.2, 0.25) is 5.02 Å². The summed E-state index contributed by atoms with van der Waals surface area (Å²) >= 11 is 7.47. The van der Waals surface area contributed by atoms with Crippen LogP contribution in [0.4, 0.5) is 5.69 Å². The van der Waals surface area contributed by atoms with E-state index in [2.05, 4.69) is 5.32 Å². The Morgan fingerprint density at radius 1 is 1.40 bits per heavy atom. The summed E-state index contributed by atoms with van der Waals surface area (Å²) in [6.45, 7) is 4.26. The number of carbonyl (C=O) groups is 2. The third-order valence-electron chi connectivity index (χ3n) is 3.13. The first kappa shape index (κ1) is 19.6. The van der Waals surface area contributed by atoms with Gasteiger partial charge in [0.1, 0.15) is 17.3 Å². The van der Waals surface area contributed by atoms with Gasteiger partial charge in [0.25, 0.3) is 5.91 Å². The summed E-state index contributed by atoms with van der Waals surface area (Å²) in [5.41, 5.74) is 0.646. The summed E-state index contributed by atoms with van der Waals surface area (Å²) in [5, 5.41) is 3.02. The summed E-state index contributed by atoms with van der Waals surface area (Å²) < 4.78 is 15.7. The number of ether oxygens (including phenoxy) is 3. The molecule has 0 atom stereocenters. The number of thioether (sulfide) groups is 1. The van der Waals surface area contributed by atoms with Gasteiger partial charge in [0.15, 0.2) is 0 Å². The highest BCUT2D eigenvalue weighted by atomic mass is 35.5. The Morgan fingerprint density at radius 2 is 2.16 bits per heavy atom. The molecule has 1 aliphatic heterocycles. The quantitative estimate of drug-likeness (QED) is 0.756. The van der Waals surface area contributed by atoms with Gasteiger partial charge >= 0.3 is 5.97 Å². The highest BCUT2D eigenvalue weighted by molar-refractivity contribution is 8.04. The van der Waals surface area contributed by atoms with Gasteiger partial charge in [-0.25, -0.2) is 4.79 Å². The van der Waals surface area contributed by atoms with Crippen molar-refractivity contribution in [2.24, 2.45) is 0 Å². The van der Waals surface area contributed by atoms with Gasteiger partial charge in [0, 0.05) is 18.6 Å². The second-order valence-corrected chi connectivity index (χ2v) is 7.00. The third kappa shape index (κ3) is 5.39. The third-order valence-corrected chi connectivity index (χ3v) is 4.53. The number of carbonyl (C=O) groups excluding carboxylic acids is 2. The van der Waals surface area contributed by atoms with Crippen molar-refractivity contribution < 1.29 is 23.8 Å². The first-order chi connectivity index (χ1) is 11.9. The van der Waals surface area contributed by atoms with E-state index in [0.717, 1.165) is 0 Å². The maximum atomic E-state index is 12.5. The molecule has 1 aromatic carbocycles. The molecule has 136 valence electrons. The van der Waals surface area contributed by atoms with Gasteiger partial charge in [0.2, 0.25) is 0 Å². The minimum Gasteiger partial charge on any atom is -0.493 e. The van der Waals surface area contributed by atoms with E-state index in [1.54, 1.807) is 26.0 Å². The normalized spacial score (nSPS) is 14.3. The molecule has 0 fully saturated rings. The van der Waals surface area contributed by atoms with E-state index in [4.69, 9.17) is 25.8 Å². The van der Waals surface area contributed by atoms with Crippen LogP contribution in [0, 0.1) is 0 Å². The van der Waals surface area contributed by atoms with Crippen LogP contribution >= 0.6 is 23.4 Å². The van der Waals surface area contributed by atoms with Crippen molar-refractivity contribution >= 4 is 40.9 Å². The van der Waals surface area contributed by atoms with Gasteiger partial charge in [-0.3, -0.25) is 4.79 Å². The second-order valence-electron chi connectivity index (χ2n) is 5.49.